The highest BCUT2D eigenvalue weighted by molar-refractivity contribution is 5.35. The number of furan rings is 1. The van der Waals surface area contributed by atoms with Gasteiger partial charge in [0, 0.05) is 18.4 Å². The van der Waals surface area contributed by atoms with Gasteiger partial charge in [0.05, 0.1) is 0 Å². The van der Waals surface area contributed by atoms with E-state index in [1.54, 1.807) is 0 Å². The zero-order valence-corrected chi connectivity index (χ0v) is 8.73. The maximum Gasteiger partial charge on any atom is 0.114 e. The van der Waals surface area contributed by atoms with Crippen LogP contribution in [0.1, 0.15) is 36.8 Å². The van der Waals surface area contributed by atoms with Crippen LogP contribution in [0.3, 0.4) is 0 Å². The Kier molecular flexibility index (Phi) is 1.75. The van der Waals surface area contributed by atoms with E-state index < -0.39 is 0 Å². The molecule has 0 aromatic carbocycles. The highest BCUT2D eigenvalue weighted by Gasteiger charge is 2.44. The van der Waals surface area contributed by atoms with Gasteiger partial charge in [-0.1, -0.05) is 6.92 Å². The second kappa shape index (κ2) is 2.86. The number of hydrogen-bond donors (Lipinski definition) is 1. The Bertz CT molecular complexity index is 347. The summed E-state index contributed by atoms with van der Waals surface area (Å²) < 4.78 is 5.97. The van der Waals surface area contributed by atoms with E-state index in [-0.39, 0.29) is 0 Å². The highest BCUT2D eigenvalue weighted by atomic mass is 16.3. The topological polar surface area (TPSA) is 25.2 Å². The first-order valence-corrected chi connectivity index (χ1v) is 5.67. The van der Waals surface area contributed by atoms with E-state index in [9.17, 15) is 0 Å². The van der Waals surface area contributed by atoms with Crippen molar-refractivity contribution in [3.8, 4) is 0 Å². The van der Waals surface area contributed by atoms with Crippen LogP contribution in [0.25, 0.3) is 0 Å². The Morgan fingerprint density at radius 2 is 2.43 bits per heavy atom. The van der Waals surface area contributed by atoms with Gasteiger partial charge < -0.3 is 9.73 Å². The summed E-state index contributed by atoms with van der Waals surface area (Å²) >= 11 is 0. The van der Waals surface area contributed by atoms with Crippen LogP contribution in [0, 0.1) is 0 Å². The van der Waals surface area contributed by atoms with Gasteiger partial charge in [0.15, 0.2) is 0 Å². The lowest BCUT2D eigenvalue weighted by Gasteiger charge is -2.20. The quantitative estimate of drug-likeness (QED) is 0.734. The van der Waals surface area contributed by atoms with E-state index in [0.29, 0.717) is 5.41 Å². The zero-order valence-electron chi connectivity index (χ0n) is 8.73. The van der Waals surface area contributed by atoms with Crippen molar-refractivity contribution in [2.24, 2.45) is 0 Å². The zero-order chi connectivity index (χ0) is 9.60. The number of hydrogen-bond acceptors (Lipinski definition) is 2. The van der Waals surface area contributed by atoms with Crippen molar-refractivity contribution in [3.05, 3.63) is 23.2 Å². The Hall–Kier alpha value is -0.760. The highest BCUT2D eigenvalue weighted by Crippen LogP contribution is 2.44. The summed E-state index contributed by atoms with van der Waals surface area (Å²) in [4.78, 5) is 0. The molecule has 0 saturated carbocycles. The van der Waals surface area contributed by atoms with Crippen LogP contribution in [0.5, 0.6) is 0 Å². The Morgan fingerprint density at radius 1 is 1.50 bits per heavy atom. The molecule has 1 saturated heterocycles. The van der Waals surface area contributed by atoms with Gasteiger partial charge in [0.25, 0.3) is 0 Å². The molecule has 1 spiro atoms. The minimum atomic E-state index is 0.364. The minimum Gasteiger partial charge on any atom is -0.465 e. The van der Waals surface area contributed by atoms with Crippen molar-refractivity contribution in [3.63, 3.8) is 0 Å². The molecular formula is C12H17NO. The van der Waals surface area contributed by atoms with Crippen molar-refractivity contribution in [1.82, 2.24) is 5.32 Å². The van der Waals surface area contributed by atoms with Crippen molar-refractivity contribution >= 4 is 0 Å². The Balaban J connectivity index is 2.03. The fraction of sp³-hybridized carbons (Fsp3) is 0.667. The standard InChI is InChI=1S/C12H17NO/c1-2-10-7-9-3-4-12(11(9)14-10)5-6-13-8-12/h7,13H,2-6,8H2,1H3. The summed E-state index contributed by atoms with van der Waals surface area (Å²) in [7, 11) is 0. The number of aryl methyl sites for hydroxylation is 2. The van der Waals surface area contributed by atoms with Gasteiger partial charge in [-0.25, -0.2) is 0 Å². The average Bonchev–Trinajstić information content (AvgIpc) is 2.88. The summed E-state index contributed by atoms with van der Waals surface area (Å²) in [5.74, 6) is 2.47. The molecule has 14 heavy (non-hydrogen) atoms. The third kappa shape index (κ3) is 1.01. The van der Waals surface area contributed by atoms with Crippen molar-refractivity contribution in [2.45, 2.75) is 38.0 Å². The molecule has 2 heteroatoms. The molecule has 1 unspecified atom stereocenters. The molecular weight excluding hydrogens is 174 g/mol. The van der Waals surface area contributed by atoms with Crippen LogP contribution in [0.2, 0.25) is 0 Å². The van der Waals surface area contributed by atoms with E-state index in [0.717, 1.165) is 19.5 Å². The van der Waals surface area contributed by atoms with E-state index in [1.807, 2.05) is 0 Å². The third-order valence-electron chi connectivity index (χ3n) is 3.81. The molecule has 2 aliphatic rings. The minimum absolute atomic E-state index is 0.364. The summed E-state index contributed by atoms with van der Waals surface area (Å²) in [5, 5.41) is 3.46. The molecule has 2 heterocycles. The van der Waals surface area contributed by atoms with Gasteiger partial charge in [0.1, 0.15) is 11.5 Å². The van der Waals surface area contributed by atoms with Gasteiger partial charge in [-0.15, -0.1) is 0 Å². The van der Waals surface area contributed by atoms with E-state index >= 15 is 0 Å². The fourth-order valence-electron chi connectivity index (χ4n) is 2.93. The molecule has 1 atom stereocenters. The monoisotopic (exact) mass is 191 g/mol. The molecule has 1 aliphatic heterocycles. The lowest BCUT2D eigenvalue weighted by atomic mass is 9.85. The van der Waals surface area contributed by atoms with E-state index in [4.69, 9.17) is 4.42 Å². The Morgan fingerprint density at radius 3 is 3.14 bits per heavy atom. The van der Waals surface area contributed by atoms with Crippen LogP contribution >= 0.6 is 0 Å². The molecule has 0 bridgehead atoms. The van der Waals surface area contributed by atoms with Crippen LogP contribution in [-0.4, -0.2) is 13.1 Å². The molecule has 3 rings (SSSR count). The van der Waals surface area contributed by atoms with Crippen molar-refractivity contribution in [1.29, 1.82) is 0 Å². The first-order chi connectivity index (χ1) is 6.84. The van der Waals surface area contributed by atoms with Crippen LogP contribution in [-0.2, 0) is 18.3 Å². The molecule has 2 nitrogen and oxygen atoms in total. The van der Waals surface area contributed by atoms with Gasteiger partial charge in [0.2, 0.25) is 0 Å². The number of fused-ring (bicyclic) bond motifs is 2. The van der Waals surface area contributed by atoms with Crippen molar-refractivity contribution < 1.29 is 4.42 Å². The normalized spacial score (nSPS) is 30.1. The van der Waals surface area contributed by atoms with Gasteiger partial charge in [-0.05, 0) is 37.4 Å². The van der Waals surface area contributed by atoms with Gasteiger partial charge in [-0.2, -0.15) is 0 Å². The van der Waals surface area contributed by atoms with Gasteiger partial charge >= 0.3 is 0 Å². The van der Waals surface area contributed by atoms with Gasteiger partial charge in [-0.3, -0.25) is 0 Å². The maximum absolute atomic E-state index is 5.97. The molecule has 1 fully saturated rings. The summed E-state index contributed by atoms with van der Waals surface area (Å²) in [5.41, 5.74) is 1.84. The average molecular weight is 191 g/mol. The first-order valence-electron chi connectivity index (χ1n) is 5.67. The molecule has 0 amide bonds. The number of rotatable bonds is 1. The lowest BCUT2D eigenvalue weighted by molar-refractivity contribution is 0.350. The van der Waals surface area contributed by atoms with E-state index in [2.05, 4.69) is 18.3 Å². The Labute approximate surface area is 84.7 Å². The summed E-state index contributed by atoms with van der Waals surface area (Å²) in [6.07, 6.45) is 4.80. The van der Waals surface area contributed by atoms with Crippen LogP contribution < -0.4 is 5.32 Å². The van der Waals surface area contributed by atoms with E-state index in [1.165, 1.54) is 36.3 Å². The smallest absolute Gasteiger partial charge is 0.114 e. The molecule has 76 valence electrons. The molecule has 1 aliphatic carbocycles. The van der Waals surface area contributed by atoms with Crippen LogP contribution in [0.15, 0.2) is 10.5 Å². The summed E-state index contributed by atoms with van der Waals surface area (Å²) in [6.45, 7) is 4.44. The molecule has 1 aromatic heterocycles. The summed E-state index contributed by atoms with van der Waals surface area (Å²) in [6, 6.07) is 2.27. The second-order valence-corrected chi connectivity index (χ2v) is 4.63. The van der Waals surface area contributed by atoms with Crippen molar-refractivity contribution in [2.75, 3.05) is 13.1 Å². The largest absolute Gasteiger partial charge is 0.465 e. The fourth-order valence-corrected chi connectivity index (χ4v) is 2.93. The predicted molar refractivity (Wildman–Crippen MR) is 55.6 cm³/mol. The molecule has 1 aromatic rings. The first kappa shape index (κ1) is 8.54. The molecule has 1 N–H and O–H groups in total. The SMILES string of the molecule is CCc1cc2c(o1)C1(CCNC1)CC2. The third-order valence-corrected chi connectivity index (χ3v) is 3.81. The predicted octanol–water partition coefficient (Wildman–Crippen LogP) is 2.02. The second-order valence-electron chi connectivity index (χ2n) is 4.63. The maximum atomic E-state index is 5.97. The number of nitrogens with one attached hydrogen (secondary N) is 1. The lowest BCUT2D eigenvalue weighted by Crippen LogP contribution is -2.25. The van der Waals surface area contributed by atoms with Crippen LogP contribution in [0.4, 0.5) is 0 Å². The molecule has 0 radical (unpaired) electrons.